The van der Waals surface area contributed by atoms with E-state index in [0.29, 0.717) is 17.7 Å². The lowest BCUT2D eigenvalue weighted by Crippen LogP contribution is -2.38. The van der Waals surface area contributed by atoms with Crippen LogP contribution in [0, 0.1) is 0 Å². The lowest BCUT2D eigenvalue weighted by Gasteiger charge is -2.16. The molecule has 4 aromatic rings. The molecule has 0 fully saturated rings. The SMILES string of the molecule is O=C[C@H](Cc1ccccc1)NC(=O)c1ccc(-c2cccc3ccccc23)cc1CS. The molecule has 3 nitrogen and oxygen atoms in total. The van der Waals surface area contributed by atoms with Crippen molar-refractivity contribution in [3.8, 4) is 11.1 Å². The number of hydrogen-bond donors (Lipinski definition) is 2. The molecule has 0 aliphatic carbocycles. The van der Waals surface area contributed by atoms with Gasteiger partial charge in [0.05, 0.1) is 6.04 Å². The Morgan fingerprint density at radius 1 is 0.903 bits per heavy atom. The predicted octanol–water partition coefficient (Wildman–Crippen LogP) is 5.48. The van der Waals surface area contributed by atoms with Gasteiger partial charge in [-0.3, -0.25) is 4.79 Å². The third kappa shape index (κ3) is 4.70. The van der Waals surface area contributed by atoms with E-state index in [-0.39, 0.29) is 5.91 Å². The van der Waals surface area contributed by atoms with Crippen molar-refractivity contribution in [1.82, 2.24) is 5.32 Å². The molecule has 0 saturated carbocycles. The second kappa shape index (κ2) is 9.63. The Bertz CT molecular complexity index is 1220. The molecule has 0 spiro atoms. The highest BCUT2D eigenvalue weighted by atomic mass is 32.1. The van der Waals surface area contributed by atoms with Crippen molar-refractivity contribution >= 4 is 35.6 Å². The number of benzene rings is 4. The van der Waals surface area contributed by atoms with Gasteiger partial charge in [-0.15, -0.1) is 0 Å². The van der Waals surface area contributed by atoms with Crippen molar-refractivity contribution in [2.24, 2.45) is 0 Å². The summed E-state index contributed by atoms with van der Waals surface area (Å²) in [6, 6.07) is 29.3. The van der Waals surface area contributed by atoms with Crippen molar-refractivity contribution in [3.63, 3.8) is 0 Å². The van der Waals surface area contributed by atoms with Crippen molar-refractivity contribution in [1.29, 1.82) is 0 Å². The number of carbonyl (C=O) groups is 2. The summed E-state index contributed by atoms with van der Waals surface area (Å²) in [5.41, 5.74) is 4.52. The fraction of sp³-hybridized carbons (Fsp3) is 0.111. The minimum absolute atomic E-state index is 0.262. The van der Waals surface area contributed by atoms with Crippen LogP contribution in [0.25, 0.3) is 21.9 Å². The van der Waals surface area contributed by atoms with E-state index in [0.717, 1.165) is 33.9 Å². The highest BCUT2D eigenvalue weighted by Crippen LogP contribution is 2.30. The lowest BCUT2D eigenvalue weighted by molar-refractivity contribution is -0.109. The van der Waals surface area contributed by atoms with E-state index < -0.39 is 6.04 Å². The number of thiol groups is 1. The molecule has 0 aliphatic rings. The standard InChI is InChI=1S/C27H23NO2S/c29-17-23(15-19-7-2-1-3-8-19)28-27(30)26-14-13-21(16-22(26)18-31)25-12-6-10-20-9-4-5-11-24(20)25/h1-14,16-17,23,31H,15,18H2,(H,28,30)/t23-/m0/s1. The average molecular weight is 426 g/mol. The van der Waals surface area contributed by atoms with E-state index in [9.17, 15) is 9.59 Å². The van der Waals surface area contributed by atoms with E-state index in [1.807, 2.05) is 66.7 Å². The van der Waals surface area contributed by atoms with Crippen molar-refractivity contribution < 1.29 is 9.59 Å². The van der Waals surface area contributed by atoms with E-state index in [2.05, 4.69) is 42.2 Å². The van der Waals surface area contributed by atoms with E-state index >= 15 is 0 Å². The minimum Gasteiger partial charge on any atom is -0.342 e. The van der Waals surface area contributed by atoms with E-state index in [1.165, 1.54) is 5.39 Å². The first-order valence-electron chi connectivity index (χ1n) is 10.2. The Labute approximate surface area is 187 Å². The smallest absolute Gasteiger partial charge is 0.252 e. The number of nitrogens with one attached hydrogen (secondary N) is 1. The normalized spacial score (nSPS) is 11.8. The molecule has 4 rings (SSSR count). The zero-order chi connectivity index (χ0) is 21.6. The van der Waals surface area contributed by atoms with Crippen LogP contribution in [0.15, 0.2) is 91.0 Å². The van der Waals surface area contributed by atoms with E-state index in [1.54, 1.807) is 0 Å². The van der Waals surface area contributed by atoms with Gasteiger partial charge in [0.1, 0.15) is 6.29 Å². The van der Waals surface area contributed by atoms with Crippen LogP contribution < -0.4 is 5.32 Å². The van der Waals surface area contributed by atoms with Gasteiger partial charge < -0.3 is 10.1 Å². The fourth-order valence-electron chi connectivity index (χ4n) is 3.84. The first kappa shape index (κ1) is 20.9. The molecular formula is C27H23NO2S. The number of rotatable bonds is 7. The van der Waals surface area contributed by atoms with E-state index in [4.69, 9.17) is 0 Å². The van der Waals surface area contributed by atoms with Gasteiger partial charge in [0, 0.05) is 11.3 Å². The van der Waals surface area contributed by atoms with Gasteiger partial charge in [-0.2, -0.15) is 12.6 Å². The van der Waals surface area contributed by atoms with Crippen LogP contribution in [-0.2, 0) is 17.0 Å². The van der Waals surface area contributed by atoms with Gasteiger partial charge in [-0.25, -0.2) is 0 Å². The van der Waals surface area contributed by atoms with Crippen molar-refractivity contribution in [2.45, 2.75) is 18.2 Å². The Kier molecular flexibility index (Phi) is 6.48. The third-order valence-electron chi connectivity index (χ3n) is 5.40. The monoisotopic (exact) mass is 425 g/mol. The summed E-state index contributed by atoms with van der Waals surface area (Å²) in [4.78, 5) is 24.5. The molecule has 154 valence electrons. The Balaban J connectivity index is 1.60. The van der Waals surface area contributed by atoms with Crippen LogP contribution in [0.3, 0.4) is 0 Å². The molecule has 0 radical (unpaired) electrons. The van der Waals surface area contributed by atoms with Crippen molar-refractivity contribution in [2.75, 3.05) is 0 Å². The first-order chi connectivity index (χ1) is 15.2. The maximum Gasteiger partial charge on any atom is 0.252 e. The predicted molar refractivity (Wildman–Crippen MR) is 130 cm³/mol. The Hall–Kier alpha value is -3.37. The maximum absolute atomic E-state index is 12.9. The molecule has 31 heavy (non-hydrogen) atoms. The van der Waals surface area contributed by atoms with Gasteiger partial charge in [-0.1, -0.05) is 78.9 Å². The van der Waals surface area contributed by atoms with Crippen LogP contribution in [0.5, 0.6) is 0 Å². The van der Waals surface area contributed by atoms with Crippen LogP contribution in [0.1, 0.15) is 21.5 Å². The van der Waals surface area contributed by atoms with Gasteiger partial charge in [-0.05, 0) is 51.6 Å². The molecule has 0 saturated heterocycles. The van der Waals surface area contributed by atoms with Gasteiger partial charge in [0.2, 0.25) is 0 Å². The maximum atomic E-state index is 12.9. The van der Waals surface area contributed by atoms with Gasteiger partial charge >= 0.3 is 0 Å². The molecular weight excluding hydrogens is 402 g/mol. The molecule has 1 amide bonds. The summed E-state index contributed by atoms with van der Waals surface area (Å²) in [7, 11) is 0. The molecule has 4 heteroatoms. The molecule has 4 aromatic carbocycles. The zero-order valence-corrected chi connectivity index (χ0v) is 17.9. The molecule has 0 aliphatic heterocycles. The second-order valence-electron chi connectivity index (χ2n) is 7.46. The topological polar surface area (TPSA) is 46.2 Å². The Morgan fingerprint density at radius 2 is 1.65 bits per heavy atom. The molecule has 1 N–H and O–H groups in total. The highest BCUT2D eigenvalue weighted by Gasteiger charge is 2.17. The fourth-order valence-corrected chi connectivity index (χ4v) is 4.10. The lowest BCUT2D eigenvalue weighted by atomic mass is 9.95. The van der Waals surface area contributed by atoms with Crippen LogP contribution in [0.4, 0.5) is 0 Å². The van der Waals surface area contributed by atoms with Gasteiger partial charge in [0.25, 0.3) is 5.91 Å². The molecule has 0 heterocycles. The van der Waals surface area contributed by atoms with Crippen molar-refractivity contribution in [3.05, 3.63) is 108 Å². The number of aldehydes is 1. The molecule has 0 aromatic heterocycles. The summed E-state index contributed by atoms with van der Waals surface area (Å²) in [5, 5.41) is 5.19. The Morgan fingerprint density at radius 3 is 2.42 bits per heavy atom. The molecule has 1 atom stereocenters. The van der Waals surface area contributed by atoms with Crippen LogP contribution in [-0.4, -0.2) is 18.2 Å². The summed E-state index contributed by atoms with van der Waals surface area (Å²) in [5.74, 6) is 0.160. The van der Waals surface area contributed by atoms with Gasteiger partial charge in [0.15, 0.2) is 0 Å². The summed E-state index contributed by atoms with van der Waals surface area (Å²) >= 11 is 4.45. The molecule has 0 bridgehead atoms. The third-order valence-corrected chi connectivity index (χ3v) is 5.74. The zero-order valence-electron chi connectivity index (χ0n) is 17.0. The summed E-state index contributed by atoms with van der Waals surface area (Å²) in [6.45, 7) is 0. The minimum atomic E-state index is -0.583. The first-order valence-corrected chi connectivity index (χ1v) is 10.8. The largest absolute Gasteiger partial charge is 0.342 e. The second-order valence-corrected chi connectivity index (χ2v) is 7.78. The average Bonchev–Trinajstić information content (AvgIpc) is 2.83. The number of hydrogen-bond acceptors (Lipinski definition) is 3. The molecule has 0 unspecified atom stereocenters. The van der Waals surface area contributed by atoms with Crippen LogP contribution in [0.2, 0.25) is 0 Å². The quantitative estimate of drug-likeness (QED) is 0.304. The number of fused-ring (bicyclic) bond motifs is 1. The number of amides is 1. The summed E-state index contributed by atoms with van der Waals surface area (Å²) < 4.78 is 0. The number of carbonyl (C=O) groups excluding carboxylic acids is 2. The summed E-state index contributed by atoms with van der Waals surface area (Å²) in [6.07, 6.45) is 1.25. The van der Waals surface area contributed by atoms with Crippen LogP contribution >= 0.6 is 12.6 Å². The highest BCUT2D eigenvalue weighted by molar-refractivity contribution is 7.79.